The van der Waals surface area contributed by atoms with Gasteiger partial charge in [-0.15, -0.1) is 0 Å². The first-order chi connectivity index (χ1) is 11.9. The first kappa shape index (κ1) is 13.5. The van der Waals surface area contributed by atoms with Gasteiger partial charge in [0.1, 0.15) is 0 Å². The Morgan fingerprint density at radius 2 is 1.29 bits per heavy atom. The summed E-state index contributed by atoms with van der Waals surface area (Å²) in [7, 11) is 0. The fourth-order valence-corrected chi connectivity index (χ4v) is 4.34. The highest BCUT2D eigenvalue weighted by Gasteiger charge is 2.18. The van der Waals surface area contributed by atoms with E-state index in [-0.39, 0.29) is 0 Å². The number of benzene rings is 3. The molecule has 0 aliphatic carbocycles. The Bertz CT molecular complexity index is 1140. The lowest BCUT2D eigenvalue weighted by Gasteiger charge is -2.06. The molecule has 2 heterocycles. The van der Waals surface area contributed by atoms with Crippen LogP contribution in [0.25, 0.3) is 37.7 Å². The third kappa shape index (κ3) is 1.99. The molecule has 0 aliphatic rings. The van der Waals surface area contributed by atoms with Gasteiger partial charge in [-0.3, -0.25) is 4.40 Å². The zero-order valence-electron chi connectivity index (χ0n) is 12.9. The minimum Gasteiger partial charge on any atom is -0.282 e. The predicted molar refractivity (Wildman–Crippen MR) is 101 cm³/mol. The largest absolute Gasteiger partial charge is 0.282 e. The SMILES string of the molecule is c1ccc(-c2sc3nc4ccccc4n3c2-c2ccccc2)cc1. The number of aromatic nitrogens is 2. The van der Waals surface area contributed by atoms with Gasteiger partial charge in [-0.25, -0.2) is 4.98 Å². The molecular formula is C21H14N2S. The second kappa shape index (κ2) is 5.32. The topological polar surface area (TPSA) is 17.3 Å². The van der Waals surface area contributed by atoms with E-state index in [1.807, 2.05) is 6.07 Å². The molecule has 2 nitrogen and oxygen atoms in total. The van der Waals surface area contributed by atoms with Crippen LogP contribution in [-0.2, 0) is 0 Å². The molecule has 0 unspecified atom stereocenters. The Morgan fingerprint density at radius 3 is 2.04 bits per heavy atom. The van der Waals surface area contributed by atoms with E-state index in [4.69, 9.17) is 4.98 Å². The number of imidazole rings is 1. The third-order valence-corrected chi connectivity index (χ3v) is 5.33. The van der Waals surface area contributed by atoms with Crippen LogP contribution in [0.4, 0.5) is 0 Å². The number of fused-ring (bicyclic) bond motifs is 3. The molecule has 0 N–H and O–H groups in total. The second-order valence-electron chi connectivity index (χ2n) is 5.73. The van der Waals surface area contributed by atoms with Crippen LogP contribution < -0.4 is 0 Å². The zero-order valence-corrected chi connectivity index (χ0v) is 13.7. The summed E-state index contributed by atoms with van der Waals surface area (Å²) in [5.74, 6) is 0. The standard InChI is InChI=1S/C21H14N2S/c1-3-9-15(10-4-1)19-20(16-11-5-2-6-12-16)24-21-22-17-13-7-8-14-18(17)23(19)21/h1-14H. The van der Waals surface area contributed by atoms with Crippen molar-refractivity contribution in [2.75, 3.05) is 0 Å². The highest BCUT2D eigenvalue weighted by molar-refractivity contribution is 7.21. The van der Waals surface area contributed by atoms with Gasteiger partial charge in [-0.2, -0.15) is 0 Å². The smallest absolute Gasteiger partial charge is 0.195 e. The monoisotopic (exact) mass is 326 g/mol. The minimum absolute atomic E-state index is 1.04. The lowest BCUT2D eigenvalue weighted by molar-refractivity contribution is 1.28. The lowest BCUT2D eigenvalue weighted by atomic mass is 10.1. The molecule has 0 amide bonds. The average Bonchev–Trinajstić information content (AvgIpc) is 3.19. The fourth-order valence-electron chi connectivity index (χ4n) is 3.17. The normalized spacial score (nSPS) is 11.3. The maximum absolute atomic E-state index is 4.83. The van der Waals surface area contributed by atoms with E-state index in [9.17, 15) is 0 Å². The van der Waals surface area contributed by atoms with Crippen LogP contribution in [0.5, 0.6) is 0 Å². The van der Waals surface area contributed by atoms with Crippen molar-refractivity contribution in [3.63, 3.8) is 0 Å². The molecule has 0 saturated carbocycles. The second-order valence-corrected chi connectivity index (χ2v) is 6.71. The maximum Gasteiger partial charge on any atom is 0.195 e. The first-order valence-electron chi connectivity index (χ1n) is 7.92. The Morgan fingerprint density at radius 1 is 0.667 bits per heavy atom. The first-order valence-corrected chi connectivity index (χ1v) is 8.74. The predicted octanol–water partition coefficient (Wildman–Crippen LogP) is 5.88. The van der Waals surface area contributed by atoms with E-state index in [1.165, 1.54) is 21.7 Å². The van der Waals surface area contributed by atoms with E-state index in [0.29, 0.717) is 0 Å². The molecule has 0 radical (unpaired) electrons. The number of para-hydroxylation sites is 2. The molecule has 0 fully saturated rings. The van der Waals surface area contributed by atoms with E-state index < -0.39 is 0 Å². The van der Waals surface area contributed by atoms with Gasteiger partial charge in [0.2, 0.25) is 0 Å². The maximum atomic E-state index is 4.83. The van der Waals surface area contributed by atoms with Crippen molar-refractivity contribution in [2.45, 2.75) is 0 Å². The molecule has 5 aromatic rings. The molecule has 0 atom stereocenters. The summed E-state index contributed by atoms with van der Waals surface area (Å²) in [5.41, 5.74) is 5.86. The van der Waals surface area contributed by atoms with E-state index in [2.05, 4.69) is 83.3 Å². The van der Waals surface area contributed by atoms with E-state index in [0.717, 1.165) is 16.0 Å². The van der Waals surface area contributed by atoms with Gasteiger partial charge in [0, 0.05) is 5.56 Å². The number of nitrogens with zero attached hydrogens (tertiary/aromatic N) is 2. The summed E-state index contributed by atoms with van der Waals surface area (Å²) in [6, 6.07) is 29.5. The van der Waals surface area contributed by atoms with Gasteiger partial charge in [-0.05, 0) is 17.7 Å². The molecule has 3 aromatic carbocycles. The van der Waals surface area contributed by atoms with Gasteiger partial charge in [0.25, 0.3) is 0 Å². The fraction of sp³-hybridized carbons (Fsp3) is 0. The van der Waals surface area contributed by atoms with Gasteiger partial charge in [0.05, 0.1) is 21.6 Å². The van der Waals surface area contributed by atoms with Crippen LogP contribution in [-0.4, -0.2) is 9.38 Å². The van der Waals surface area contributed by atoms with Crippen molar-refractivity contribution < 1.29 is 0 Å². The van der Waals surface area contributed by atoms with Crippen LogP contribution in [0.2, 0.25) is 0 Å². The number of thiazole rings is 1. The zero-order chi connectivity index (χ0) is 15.9. The van der Waals surface area contributed by atoms with Crippen LogP contribution in [0.1, 0.15) is 0 Å². The molecule has 5 rings (SSSR count). The number of rotatable bonds is 2. The van der Waals surface area contributed by atoms with Crippen molar-refractivity contribution >= 4 is 27.3 Å². The van der Waals surface area contributed by atoms with Gasteiger partial charge in [-0.1, -0.05) is 84.1 Å². The van der Waals surface area contributed by atoms with Crippen molar-refractivity contribution in [3.8, 4) is 21.7 Å². The molecule has 3 heteroatoms. The highest BCUT2D eigenvalue weighted by atomic mass is 32.1. The Labute approximate surface area is 143 Å². The summed E-state index contributed by atoms with van der Waals surface area (Å²) < 4.78 is 2.29. The molecule has 0 bridgehead atoms. The van der Waals surface area contributed by atoms with Crippen LogP contribution in [0.15, 0.2) is 84.9 Å². The third-order valence-electron chi connectivity index (χ3n) is 4.25. The molecule has 0 spiro atoms. The van der Waals surface area contributed by atoms with Crippen LogP contribution >= 0.6 is 11.3 Å². The summed E-state index contributed by atoms with van der Waals surface area (Å²) >= 11 is 1.75. The van der Waals surface area contributed by atoms with E-state index in [1.54, 1.807) is 11.3 Å². The number of hydrogen-bond acceptors (Lipinski definition) is 2. The summed E-state index contributed by atoms with van der Waals surface area (Å²) in [4.78, 5) is 7.12. The van der Waals surface area contributed by atoms with E-state index >= 15 is 0 Å². The van der Waals surface area contributed by atoms with Crippen LogP contribution in [0.3, 0.4) is 0 Å². The Kier molecular flexibility index (Phi) is 3.00. The summed E-state index contributed by atoms with van der Waals surface area (Å²) in [6.45, 7) is 0. The minimum atomic E-state index is 1.04. The molecular weight excluding hydrogens is 312 g/mol. The molecule has 24 heavy (non-hydrogen) atoms. The summed E-state index contributed by atoms with van der Waals surface area (Å²) in [6.07, 6.45) is 0. The van der Waals surface area contributed by atoms with Gasteiger partial charge >= 0.3 is 0 Å². The van der Waals surface area contributed by atoms with Crippen molar-refractivity contribution in [1.29, 1.82) is 0 Å². The van der Waals surface area contributed by atoms with Crippen molar-refractivity contribution in [2.24, 2.45) is 0 Å². The van der Waals surface area contributed by atoms with Crippen molar-refractivity contribution in [3.05, 3.63) is 84.9 Å². The van der Waals surface area contributed by atoms with Gasteiger partial charge < -0.3 is 0 Å². The van der Waals surface area contributed by atoms with Gasteiger partial charge in [0.15, 0.2) is 4.96 Å². The average molecular weight is 326 g/mol. The highest BCUT2D eigenvalue weighted by Crippen LogP contribution is 2.41. The molecule has 0 saturated heterocycles. The Balaban J connectivity index is 1.93. The molecule has 0 aliphatic heterocycles. The lowest BCUT2D eigenvalue weighted by Crippen LogP contribution is -1.88. The van der Waals surface area contributed by atoms with Crippen LogP contribution in [0, 0.1) is 0 Å². The Hall–Kier alpha value is -2.91. The molecule has 114 valence electrons. The summed E-state index contributed by atoms with van der Waals surface area (Å²) in [5, 5.41) is 0. The van der Waals surface area contributed by atoms with Crippen molar-refractivity contribution in [1.82, 2.24) is 9.38 Å². The molecule has 2 aromatic heterocycles. The number of hydrogen-bond donors (Lipinski definition) is 0. The quantitative estimate of drug-likeness (QED) is 0.396.